The second-order valence-electron chi connectivity index (χ2n) is 2.99. The minimum absolute atomic E-state index is 0.268. The molecule has 84 valence electrons. The van der Waals surface area contributed by atoms with Crippen molar-refractivity contribution in [2.75, 3.05) is 5.73 Å². The Morgan fingerprint density at radius 2 is 2.38 bits per heavy atom. The van der Waals surface area contributed by atoms with Crippen molar-refractivity contribution < 1.29 is 4.79 Å². The van der Waals surface area contributed by atoms with Crippen LogP contribution in [0.4, 0.5) is 5.13 Å². The van der Waals surface area contributed by atoms with Gasteiger partial charge in [0.1, 0.15) is 0 Å². The molecule has 0 aliphatic rings. The Morgan fingerprint density at radius 1 is 1.56 bits per heavy atom. The predicted molar refractivity (Wildman–Crippen MR) is 62.3 cm³/mol. The molecule has 2 aromatic rings. The lowest BCUT2D eigenvalue weighted by atomic mass is 10.4. The second kappa shape index (κ2) is 4.54. The number of hydrogen-bond donors (Lipinski definition) is 2. The molecule has 0 radical (unpaired) electrons. The smallest absolute Gasteiger partial charge is 0.282 e. The molecule has 0 aliphatic carbocycles. The first kappa shape index (κ1) is 11.0. The van der Waals surface area contributed by atoms with E-state index in [-0.39, 0.29) is 16.0 Å². The van der Waals surface area contributed by atoms with Gasteiger partial charge in [-0.3, -0.25) is 4.79 Å². The number of thiazole rings is 1. The molecule has 0 aliphatic heterocycles. The Balaban J connectivity index is 1.93. The molecule has 0 spiro atoms. The summed E-state index contributed by atoms with van der Waals surface area (Å²) in [6, 6.07) is 0. The maximum atomic E-state index is 11.6. The molecule has 0 fully saturated rings. The molecule has 2 aromatic heterocycles. The van der Waals surface area contributed by atoms with Gasteiger partial charge in [-0.25, -0.2) is 4.98 Å². The van der Waals surface area contributed by atoms with Crippen molar-refractivity contribution in [1.82, 2.24) is 20.5 Å². The zero-order chi connectivity index (χ0) is 11.5. The van der Waals surface area contributed by atoms with E-state index in [1.54, 1.807) is 11.3 Å². The van der Waals surface area contributed by atoms with E-state index in [9.17, 15) is 4.79 Å². The Morgan fingerprint density at radius 3 is 2.94 bits per heavy atom. The highest BCUT2D eigenvalue weighted by molar-refractivity contribution is 7.16. The van der Waals surface area contributed by atoms with Gasteiger partial charge in [0.15, 0.2) is 0 Å². The number of rotatable bonds is 3. The molecule has 1 amide bonds. The monoisotopic (exact) mass is 255 g/mol. The number of carbonyl (C=O) groups excluding carboxylic acids is 1. The first-order valence-electron chi connectivity index (χ1n) is 4.43. The number of anilines is 1. The van der Waals surface area contributed by atoms with Crippen LogP contribution in [0.25, 0.3) is 0 Å². The molecule has 0 aromatic carbocycles. The minimum Gasteiger partial charge on any atom is -0.374 e. The van der Waals surface area contributed by atoms with Gasteiger partial charge in [-0.15, -0.1) is 21.5 Å². The maximum Gasteiger partial charge on any atom is 0.282 e. The van der Waals surface area contributed by atoms with Crippen LogP contribution in [-0.4, -0.2) is 21.1 Å². The van der Waals surface area contributed by atoms with E-state index >= 15 is 0 Å². The molecule has 0 atom stereocenters. The first-order valence-corrected chi connectivity index (χ1v) is 6.13. The summed E-state index contributed by atoms with van der Waals surface area (Å²) in [5.41, 5.74) is 6.22. The van der Waals surface area contributed by atoms with Crippen molar-refractivity contribution in [3.63, 3.8) is 0 Å². The summed E-state index contributed by atoms with van der Waals surface area (Å²) in [4.78, 5) is 15.8. The van der Waals surface area contributed by atoms with Crippen LogP contribution in [0.15, 0.2) is 5.38 Å². The summed E-state index contributed by atoms with van der Waals surface area (Å²) in [7, 11) is 0. The summed E-state index contributed by atoms with van der Waals surface area (Å²) >= 11 is 2.61. The standard InChI is InChI=1S/C8H9N5OS2/c1-4-11-5(3-15-4)2-10-6(14)7-12-13-8(9)16-7/h3H,2H2,1H3,(H2,9,13)(H,10,14). The molecule has 6 nitrogen and oxygen atoms in total. The van der Waals surface area contributed by atoms with Crippen LogP contribution in [-0.2, 0) is 6.54 Å². The van der Waals surface area contributed by atoms with E-state index in [2.05, 4.69) is 20.5 Å². The Kier molecular flexibility index (Phi) is 3.11. The Labute approximate surface area is 99.5 Å². The first-order chi connectivity index (χ1) is 7.65. The third kappa shape index (κ3) is 2.52. The van der Waals surface area contributed by atoms with E-state index in [1.165, 1.54) is 0 Å². The van der Waals surface area contributed by atoms with Gasteiger partial charge in [-0.2, -0.15) is 0 Å². The number of amides is 1. The van der Waals surface area contributed by atoms with Gasteiger partial charge in [0.2, 0.25) is 10.1 Å². The highest BCUT2D eigenvalue weighted by Gasteiger charge is 2.11. The van der Waals surface area contributed by atoms with Crippen LogP contribution < -0.4 is 11.1 Å². The van der Waals surface area contributed by atoms with Crippen LogP contribution >= 0.6 is 22.7 Å². The summed E-state index contributed by atoms with van der Waals surface area (Å²) in [5, 5.41) is 13.4. The third-order valence-electron chi connectivity index (χ3n) is 1.73. The number of nitrogen functional groups attached to an aromatic ring is 1. The van der Waals surface area contributed by atoms with E-state index in [0.717, 1.165) is 22.0 Å². The van der Waals surface area contributed by atoms with Gasteiger partial charge < -0.3 is 11.1 Å². The molecule has 0 bridgehead atoms. The molecule has 2 heterocycles. The van der Waals surface area contributed by atoms with Crippen molar-refractivity contribution >= 4 is 33.7 Å². The fraction of sp³-hybridized carbons (Fsp3) is 0.250. The van der Waals surface area contributed by atoms with Crippen LogP contribution in [0.5, 0.6) is 0 Å². The average Bonchev–Trinajstić information content (AvgIpc) is 2.84. The highest BCUT2D eigenvalue weighted by Crippen LogP contribution is 2.11. The van der Waals surface area contributed by atoms with Gasteiger partial charge in [-0.05, 0) is 6.92 Å². The Hall–Kier alpha value is -1.54. The van der Waals surface area contributed by atoms with Crippen molar-refractivity contribution in [2.24, 2.45) is 0 Å². The van der Waals surface area contributed by atoms with Gasteiger partial charge in [0, 0.05) is 5.38 Å². The molecular formula is C8H9N5OS2. The van der Waals surface area contributed by atoms with Gasteiger partial charge in [-0.1, -0.05) is 11.3 Å². The van der Waals surface area contributed by atoms with E-state index in [0.29, 0.717) is 6.54 Å². The fourth-order valence-corrected chi connectivity index (χ4v) is 2.20. The number of carbonyl (C=O) groups is 1. The fourth-order valence-electron chi connectivity index (χ4n) is 1.06. The number of aromatic nitrogens is 3. The summed E-state index contributed by atoms with van der Waals surface area (Å²) in [6.45, 7) is 2.31. The molecule has 2 rings (SSSR count). The molecular weight excluding hydrogens is 246 g/mol. The van der Waals surface area contributed by atoms with Gasteiger partial charge >= 0.3 is 0 Å². The minimum atomic E-state index is -0.278. The summed E-state index contributed by atoms with van der Waals surface area (Å²) in [5.74, 6) is -0.278. The molecule has 0 unspecified atom stereocenters. The number of aryl methyl sites for hydroxylation is 1. The van der Waals surface area contributed by atoms with Crippen LogP contribution in [0.3, 0.4) is 0 Å². The second-order valence-corrected chi connectivity index (χ2v) is 5.06. The zero-order valence-electron chi connectivity index (χ0n) is 8.43. The third-order valence-corrected chi connectivity index (χ3v) is 3.31. The zero-order valence-corrected chi connectivity index (χ0v) is 10.1. The lowest BCUT2D eigenvalue weighted by Gasteiger charge is -1.98. The van der Waals surface area contributed by atoms with Crippen LogP contribution in [0.1, 0.15) is 20.5 Å². The molecule has 0 saturated carbocycles. The van der Waals surface area contributed by atoms with Gasteiger partial charge in [0.05, 0.1) is 17.2 Å². The van der Waals surface area contributed by atoms with E-state index in [4.69, 9.17) is 5.73 Å². The SMILES string of the molecule is Cc1nc(CNC(=O)c2nnc(N)s2)cs1. The highest BCUT2D eigenvalue weighted by atomic mass is 32.1. The van der Waals surface area contributed by atoms with Crippen molar-refractivity contribution in [2.45, 2.75) is 13.5 Å². The average molecular weight is 255 g/mol. The summed E-state index contributed by atoms with van der Waals surface area (Å²) < 4.78 is 0. The molecule has 3 N–H and O–H groups in total. The largest absolute Gasteiger partial charge is 0.374 e. The van der Waals surface area contributed by atoms with E-state index in [1.807, 2.05) is 12.3 Å². The predicted octanol–water partition coefficient (Wildman–Crippen LogP) is 0.815. The van der Waals surface area contributed by atoms with Crippen LogP contribution in [0, 0.1) is 6.92 Å². The number of nitrogens with two attached hydrogens (primary N) is 1. The molecule has 0 saturated heterocycles. The van der Waals surface area contributed by atoms with Gasteiger partial charge in [0.25, 0.3) is 5.91 Å². The topological polar surface area (TPSA) is 93.8 Å². The number of nitrogens with one attached hydrogen (secondary N) is 1. The van der Waals surface area contributed by atoms with Crippen LogP contribution in [0.2, 0.25) is 0 Å². The maximum absolute atomic E-state index is 11.6. The molecule has 16 heavy (non-hydrogen) atoms. The quantitative estimate of drug-likeness (QED) is 0.846. The Bertz CT molecular complexity index is 506. The lowest BCUT2D eigenvalue weighted by molar-refractivity contribution is 0.0949. The normalized spacial score (nSPS) is 10.3. The van der Waals surface area contributed by atoms with E-state index < -0.39 is 0 Å². The molecule has 8 heteroatoms. The number of nitrogens with zero attached hydrogens (tertiary/aromatic N) is 3. The lowest BCUT2D eigenvalue weighted by Crippen LogP contribution is -2.22. The number of hydrogen-bond acceptors (Lipinski definition) is 7. The summed E-state index contributed by atoms with van der Waals surface area (Å²) in [6.07, 6.45) is 0. The van der Waals surface area contributed by atoms with Crippen molar-refractivity contribution in [3.05, 3.63) is 21.1 Å². The van der Waals surface area contributed by atoms with Crippen molar-refractivity contribution in [1.29, 1.82) is 0 Å². The van der Waals surface area contributed by atoms with Crippen molar-refractivity contribution in [3.8, 4) is 0 Å².